The number of nitrogens with one attached hydrogen (secondary N) is 1. The molecule has 0 amide bonds. The lowest BCUT2D eigenvalue weighted by atomic mass is 10.2. The fourth-order valence-electron chi connectivity index (χ4n) is 1.08. The van der Waals surface area contributed by atoms with Crippen molar-refractivity contribution >= 4 is 0 Å². The van der Waals surface area contributed by atoms with Gasteiger partial charge in [0.15, 0.2) is 0 Å². The normalized spacial score (nSPS) is 13.5. The Balaban J connectivity index is 2.58. The lowest BCUT2D eigenvalue weighted by Crippen LogP contribution is -2.27. The number of alkyl halides is 2. The van der Waals surface area contributed by atoms with Crippen molar-refractivity contribution in [3.63, 3.8) is 0 Å². The van der Waals surface area contributed by atoms with E-state index in [2.05, 4.69) is 5.32 Å². The third-order valence-corrected chi connectivity index (χ3v) is 1.72. The second-order valence-electron chi connectivity index (χ2n) is 2.78. The van der Waals surface area contributed by atoms with Crippen molar-refractivity contribution in [2.75, 3.05) is 6.54 Å². The molecule has 0 fully saturated rings. The number of halogens is 2. The Morgan fingerprint density at radius 1 is 1.54 bits per heavy atom. The van der Waals surface area contributed by atoms with Crippen molar-refractivity contribution < 1.29 is 13.2 Å². The Morgan fingerprint density at radius 2 is 2.31 bits per heavy atom. The minimum atomic E-state index is -2.43. The van der Waals surface area contributed by atoms with Gasteiger partial charge in [0.1, 0.15) is 11.8 Å². The van der Waals surface area contributed by atoms with Gasteiger partial charge in [-0.05, 0) is 25.1 Å². The summed E-state index contributed by atoms with van der Waals surface area (Å²) in [6.45, 7) is 2.49. The molecule has 74 valence electrons. The van der Waals surface area contributed by atoms with Crippen molar-refractivity contribution in [2.45, 2.75) is 25.8 Å². The lowest BCUT2D eigenvalue weighted by Gasteiger charge is -2.14. The summed E-state index contributed by atoms with van der Waals surface area (Å²) in [5.41, 5.74) is 0. The van der Waals surface area contributed by atoms with Gasteiger partial charge in [-0.3, -0.25) is 0 Å². The molecule has 2 nitrogen and oxygen atoms in total. The second-order valence-corrected chi connectivity index (χ2v) is 2.78. The molecule has 1 aromatic heterocycles. The number of hydrogen-bond donors (Lipinski definition) is 1. The zero-order valence-corrected chi connectivity index (χ0v) is 7.47. The second kappa shape index (κ2) is 4.97. The molecule has 0 aromatic carbocycles. The highest BCUT2D eigenvalue weighted by Gasteiger charge is 2.23. The Bertz CT molecular complexity index is 224. The third-order valence-electron chi connectivity index (χ3n) is 1.72. The molecular weight excluding hydrogens is 176 g/mol. The SMILES string of the molecule is CCCNC(c1ccco1)C(F)F. The average molecular weight is 189 g/mol. The van der Waals surface area contributed by atoms with E-state index in [0.717, 1.165) is 6.42 Å². The average Bonchev–Trinajstić information content (AvgIpc) is 2.57. The van der Waals surface area contributed by atoms with Crippen molar-refractivity contribution in [1.82, 2.24) is 5.32 Å². The molecule has 0 radical (unpaired) electrons. The standard InChI is InChI=1S/C9H13F2NO/c1-2-5-12-8(9(10)11)7-4-3-6-13-7/h3-4,6,8-9,12H,2,5H2,1H3. The van der Waals surface area contributed by atoms with Gasteiger partial charge in [0, 0.05) is 0 Å². The summed E-state index contributed by atoms with van der Waals surface area (Å²) in [6, 6.07) is 2.19. The highest BCUT2D eigenvalue weighted by Crippen LogP contribution is 2.20. The summed E-state index contributed by atoms with van der Waals surface area (Å²) < 4.78 is 29.8. The predicted octanol–water partition coefficient (Wildman–Crippen LogP) is 2.59. The number of rotatable bonds is 5. The van der Waals surface area contributed by atoms with Gasteiger partial charge in [0.2, 0.25) is 0 Å². The van der Waals surface area contributed by atoms with Crippen LogP contribution >= 0.6 is 0 Å². The summed E-state index contributed by atoms with van der Waals surface area (Å²) in [6.07, 6.45) is -0.208. The van der Waals surface area contributed by atoms with Gasteiger partial charge >= 0.3 is 0 Å². The molecule has 1 N–H and O–H groups in total. The maximum Gasteiger partial charge on any atom is 0.260 e. The summed E-state index contributed by atoms with van der Waals surface area (Å²) in [5, 5.41) is 2.73. The number of hydrogen-bond acceptors (Lipinski definition) is 2. The molecule has 1 aromatic rings. The molecule has 1 atom stereocenters. The largest absolute Gasteiger partial charge is 0.467 e. The Morgan fingerprint density at radius 3 is 2.77 bits per heavy atom. The topological polar surface area (TPSA) is 25.2 Å². The van der Waals surface area contributed by atoms with Crippen LogP contribution in [-0.4, -0.2) is 13.0 Å². The van der Waals surface area contributed by atoms with Crippen LogP contribution in [0.4, 0.5) is 8.78 Å². The fourth-order valence-corrected chi connectivity index (χ4v) is 1.08. The third kappa shape index (κ3) is 2.81. The number of furan rings is 1. The first-order valence-electron chi connectivity index (χ1n) is 4.30. The van der Waals surface area contributed by atoms with E-state index < -0.39 is 12.5 Å². The first kappa shape index (κ1) is 10.2. The van der Waals surface area contributed by atoms with E-state index in [1.807, 2.05) is 6.92 Å². The van der Waals surface area contributed by atoms with Crippen molar-refractivity contribution in [3.05, 3.63) is 24.2 Å². The van der Waals surface area contributed by atoms with Crippen LogP contribution in [0.2, 0.25) is 0 Å². The quantitative estimate of drug-likeness (QED) is 0.770. The zero-order chi connectivity index (χ0) is 9.68. The van der Waals surface area contributed by atoms with Gasteiger partial charge in [-0.25, -0.2) is 8.78 Å². The molecule has 0 saturated heterocycles. The monoisotopic (exact) mass is 189 g/mol. The molecule has 0 aliphatic carbocycles. The van der Waals surface area contributed by atoms with Crippen molar-refractivity contribution in [3.8, 4) is 0 Å². The maximum atomic E-state index is 12.5. The first-order chi connectivity index (χ1) is 6.25. The van der Waals surface area contributed by atoms with Gasteiger partial charge in [0.05, 0.1) is 6.26 Å². The molecule has 0 aliphatic rings. The van der Waals surface area contributed by atoms with Crippen LogP contribution in [0.3, 0.4) is 0 Å². The van der Waals surface area contributed by atoms with E-state index >= 15 is 0 Å². The Hall–Kier alpha value is -0.900. The van der Waals surface area contributed by atoms with Crippen LogP contribution < -0.4 is 5.32 Å². The first-order valence-corrected chi connectivity index (χ1v) is 4.30. The molecule has 1 rings (SSSR count). The van der Waals surface area contributed by atoms with Gasteiger partial charge in [-0.2, -0.15) is 0 Å². The smallest absolute Gasteiger partial charge is 0.260 e. The molecule has 13 heavy (non-hydrogen) atoms. The van der Waals surface area contributed by atoms with Crippen LogP contribution in [0.1, 0.15) is 25.1 Å². The minimum absolute atomic E-state index is 0.295. The summed E-state index contributed by atoms with van der Waals surface area (Å²) >= 11 is 0. The maximum absolute atomic E-state index is 12.5. The highest BCUT2D eigenvalue weighted by molar-refractivity contribution is 5.05. The molecule has 1 unspecified atom stereocenters. The van der Waals surface area contributed by atoms with Crippen LogP contribution in [0.5, 0.6) is 0 Å². The van der Waals surface area contributed by atoms with Crippen LogP contribution in [0.15, 0.2) is 22.8 Å². The Labute approximate surface area is 75.9 Å². The van der Waals surface area contributed by atoms with E-state index in [1.165, 1.54) is 6.26 Å². The van der Waals surface area contributed by atoms with Gasteiger partial charge in [-0.15, -0.1) is 0 Å². The lowest BCUT2D eigenvalue weighted by molar-refractivity contribution is 0.0881. The molecule has 4 heteroatoms. The summed E-state index contributed by atoms with van der Waals surface area (Å²) in [7, 11) is 0. The van der Waals surface area contributed by atoms with Gasteiger partial charge in [0.25, 0.3) is 6.43 Å². The van der Waals surface area contributed by atoms with Crippen LogP contribution in [0, 0.1) is 0 Å². The zero-order valence-electron chi connectivity index (χ0n) is 7.47. The van der Waals surface area contributed by atoms with E-state index in [1.54, 1.807) is 12.1 Å². The van der Waals surface area contributed by atoms with Crippen molar-refractivity contribution in [1.29, 1.82) is 0 Å². The van der Waals surface area contributed by atoms with E-state index in [0.29, 0.717) is 12.3 Å². The van der Waals surface area contributed by atoms with Gasteiger partial charge < -0.3 is 9.73 Å². The molecular formula is C9H13F2NO. The predicted molar refractivity (Wildman–Crippen MR) is 45.7 cm³/mol. The van der Waals surface area contributed by atoms with Gasteiger partial charge in [-0.1, -0.05) is 6.92 Å². The highest BCUT2D eigenvalue weighted by atomic mass is 19.3. The van der Waals surface area contributed by atoms with Crippen LogP contribution in [-0.2, 0) is 0 Å². The van der Waals surface area contributed by atoms with Crippen LogP contribution in [0.25, 0.3) is 0 Å². The van der Waals surface area contributed by atoms with E-state index in [4.69, 9.17) is 4.42 Å². The van der Waals surface area contributed by atoms with Crippen molar-refractivity contribution in [2.24, 2.45) is 0 Å². The molecule has 1 heterocycles. The molecule has 0 bridgehead atoms. The minimum Gasteiger partial charge on any atom is -0.467 e. The molecule has 0 spiro atoms. The summed E-state index contributed by atoms with van der Waals surface area (Å²) in [4.78, 5) is 0. The molecule has 0 saturated carbocycles. The molecule has 0 aliphatic heterocycles. The van der Waals surface area contributed by atoms with E-state index in [9.17, 15) is 8.78 Å². The summed E-state index contributed by atoms with van der Waals surface area (Å²) in [5.74, 6) is 0.295. The van der Waals surface area contributed by atoms with E-state index in [-0.39, 0.29) is 0 Å². The Kier molecular flexibility index (Phi) is 3.89. The fraction of sp³-hybridized carbons (Fsp3) is 0.556.